The zero-order chi connectivity index (χ0) is 30.9. The number of ether oxygens (including phenoxy) is 2. The summed E-state index contributed by atoms with van der Waals surface area (Å²) in [5.74, 6) is -1.07. The maximum Gasteiger partial charge on any atom is 0.303 e. The molecule has 2 aliphatic rings. The Morgan fingerprint density at radius 2 is 1.57 bits per heavy atom. The first-order valence-electron chi connectivity index (χ1n) is 15.5. The highest BCUT2D eigenvalue weighted by atomic mass is 16.7. The maximum atomic E-state index is 12.4. The van der Waals surface area contributed by atoms with Crippen LogP contribution in [0.2, 0.25) is 0 Å². The van der Waals surface area contributed by atoms with Crippen LogP contribution in [0.1, 0.15) is 60.8 Å². The van der Waals surface area contributed by atoms with E-state index in [0.717, 1.165) is 56.0 Å². The highest BCUT2D eigenvalue weighted by molar-refractivity contribution is 5.90. The third-order valence-corrected chi connectivity index (χ3v) is 8.51. The van der Waals surface area contributed by atoms with Crippen molar-refractivity contribution in [3.05, 3.63) is 101 Å². The number of nitrogens with zero attached hydrogens (tertiary/aromatic N) is 2. The van der Waals surface area contributed by atoms with Crippen molar-refractivity contribution in [3.63, 3.8) is 0 Å². The van der Waals surface area contributed by atoms with Crippen molar-refractivity contribution in [2.45, 2.75) is 57.8 Å². The van der Waals surface area contributed by atoms with E-state index in [9.17, 15) is 14.7 Å². The van der Waals surface area contributed by atoms with Gasteiger partial charge in [0.25, 0.3) is 0 Å². The van der Waals surface area contributed by atoms with Crippen LogP contribution in [-0.4, -0.2) is 70.7 Å². The fourth-order valence-electron chi connectivity index (χ4n) is 5.94. The Morgan fingerprint density at radius 1 is 0.841 bits per heavy atom. The average molecular weight is 602 g/mol. The number of carbonyl (C=O) groups is 2. The van der Waals surface area contributed by atoms with E-state index >= 15 is 0 Å². The van der Waals surface area contributed by atoms with Crippen LogP contribution < -0.4 is 5.32 Å². The summed E-state index contributed by atoms with van der Waals surface area (Å²) in [7, 11) is 0. The van der Waals surface area contributed by atoms with Crippen molar-refractivity contribution in [1.82, 2.24) is 9.80 Å². The largest absolute Gasteiger partial charge is 0.481 e. The second-order valence-corrected chi connectivity index (χ2v) is 11.8. The summed E-state index contributed by atoms with van der Waals surface area (Å²) in [6.07, 6.45) is -0.573. The quantitative estimate of drug-likeness (QED) is 0.267. The number of aliphatic carboxylic acids is 1. The van der Waals surface area contributed by atoms with Crippen LogP contribution >= 0.6 is 0 Å². The average Bonchev–Trinajstić information content (AvgIpc) is 3.03. The van der Waals surface area contributed by atoms with Gasteiger partial charge in [0.2, 0.25) is 5.91 Å². The standard InChI is InChI=1S/C35H43N3O6/c1-25-31(23-38-19-17-37(18-20-38)22-26-7-3-2-4-8-26)43-35(44-34(25)28-15-13-27(24-39)14-16-28)29-9-5-10-30(21-29)36-32(40)11-6-12-33(41)42/h2-5,7-10,13-16,21,25,31,34-35,39H,6,11-12,17-20,22-24H2,1H3,(H,36,40)(H,41,42)/t25-,31+,34+,35+/m1/s1. The molecule has 0 saturated carbocycles. The molecule has 3 aromatic rings. The van der Waals surface area contributed by atoms with E-state index in [0.29, 0.717) is 5.69 Å². The summed E-state index contributed by atoms with van der Waals surface area (Å²) in [5.41, 5.74) is 4.63. The monoisotopic (exact) mass is 601 g/mol. The van der Waals surface area contributed by atoms with Gasteiger partial charge in [0.15, 0.2) is 6.29 Å². The zero-order valence-electron chi connectivity index (χ0n) is 25.3. The summed E-state index contributed by atoms with van der Waals surface area (Å²) < 4.78 is 13.3. The van der Waals surface area contributed by atoms with Crippen LogP contribution in [0.5, 0.6) is 0 Å². The molecule has 0 unspecified atom stereocenters. The highest BCUT2D eigenvalue weighted by Gasteiger charge is 2.39. The topological polar surface area (TPSA) is 112 Å². The lowest BCUT2D eigenvalue weighted by Gasteiger charge is -2.44. The molecular weight excluding hydrogens is 558 g/mol. The molecule has 2 aliphatic heterocycles. The minimum absolute atomic E-state index is 0.0131. The second-order valence-electron chi connectivity index (χ2n) is 11.8. The number of piperazine rings is 1. The Labute approximate surface area is 259 Å². The SMILES string of the molecule is C[C@@H]1[C@H](CN2CCN(Cc3ccccc3)CC2)O[C@H](c2cccc(NC(=O)CCCC(=O)O)c2)O[C@@H]1c1ccc(CO)cc1. The van der Waals surface area contributed by atoms with E-state index in [4.69, 9.17) is 14.6 Å². The molecular formula is C35H43N3O6. The molecule has 0 aliphatic carbocycles. The van der Waals surface area contributed by atoms with Crippen molar-refractivity contribution in [3.8, 4) is 0 Å². The Balaban J connectivity index is 1.27. The first-order valence-corrected chi connectivity index (χ1v) is 15.5. The minimum atomic E-state index is -0.912. The van der Waals surface area contributed by atoms with E-state index in [2.05, 4.69) is 52.4 Å². The summed E-state index contributed by atoms with van der Waals surface area (Å²) in [5, 5.41) is 21.3. The lowest BCUT2D eigenvalue weighted by atomic mass is 9.90. The number of amides is 1. The van der Waals surface area contributed by atoms with Crippen LogP contribution in [0.15, 0.2) is 78.9 Å². The van der Waals surface area contributed by atoms with E-state index in [1.807, 2.05) is 48.5 Å². The summed E-state index contributed by atoms with van der Waals surface area (Å²) >= 11 is 0. The number of aliphatic hydroxyl groups is 1. The lowest BCUT2D eigenvalue weighted by molar-refractivity contribution is -0.276. The highest BCUT2D eigenvalue weighted by Crippen LogP contribution is 2.42. The predicted octanol–water partition coefficient (Wildman–Crippen LogP) is 4.98. The van der Waals surface area contributed by atoms with Crippen molar-refractivity contribution in [1.29, 1.82) is 0 Å². The van der Waals surface area contributed by atoms with E-state index < -0.39 is 12.3 Å². The van der Waals surface area contributed by atoms with Gasteiger partial charge in [-0.25, -0.2) is 0 Å². The molecule has 2 saturated heterocycles. The molecule has 0 aromatic heterocycles. The van der Waals surface area contributed by atoms with Gasteiger partial charge >= 0.3 is 5.97 Å². The number of hydrogen-bond donors (Lipinski definition) is 3. The number of benzene rings is 3. The van der Waals surface area contributed by atoms with Gasteiger partial charge in [-0.05, 0) is 35.2 Å². The maximum absolute atomic E-state index is 12.4. The van der Waals surface area contributed by atoms with Gasteiger partial charge in [-0.3, -0.25) is 19.4 Å². The van der Waals surface area contributed by atoms with Gasteiger partial charge in [0, 0.05) is 69.3 Å². The number of rotatable bonds is 12. The summed E-state index contributed by atoms with van der Waals surface area (Å²) in [4.78, 5) is 28.2. The molecule has 234 valence electrons. The second kappa shape index (κ2) is 15.4. The number of carboxylic acids is 1. The molecule has 44 heavy (non-hydrogen) atoms. The van der Waals surface area contributed by atoms with E-state index in [1.54, 1.807) is 0 Å². The van der Waals surface area contributed by atoms with Gasteiger partial charge in [-0.15, -0.1) is 0 Å². The third-order valence-electron chi connectivity index (χ3n) is 8.51. The molecule has 0 spiro atoms. The van der Waals surface area contributed by atoms with E-state index in [-0.39, 0.29) is 49.9 Å². The van der Waals surface area contributed by atoms with Crippen molar-refractivity contribution in [2.75, 3.05) is 38.0 Å². The molecule has 1 amide bonds. The molecule has 2 heterocycles. The first kappa shape index (κ1) is 31.8. The van der Waals surface area contributed by atoms with Crippen LogP contribution in [0, 0.1) is 5.92 Å². The molecule has 0 radical (unpaired) electrons. The summed E-state index contributed by atoms with van der Waals surface area (Å²) in [6.45, 7) is 7.82. The molecule has 3 N–H and O–H groups in total. The van der Waals surface area contributed by atoms with Gasteiger partial charge < -0.3 is 25.0 Å². The van der Waals surface area contributed by atoms with Crippen molar-refractivity contribution < 1.29 is 29.3 Å². The molecule has 5 rings (SSSR count). The molecule has 9 heteroatoms. The molecule has 4 atom stereocenters. The zero-order valence-corrected chi connectivity index (χ0v) is 25.3. The number of carboxylic acid groups (broad SMARTS) is 1. The van der Waals surface area contributed by atoms with Gasteiger partial charge in [0.05, 0.1) is 18.8 Å². The minimum Gasteiger partial charge on any atom is -0.481 e. The van der Waals surface area contributed by atoms with Crippen LogP contribution in [-0.2, 0) is 32.2 Å². The molecule has 2 fully saturated rings. The first-order chi connectivity index (χ1) is 21.4. The Bertz CT molecular complexity index is 1360. The fraction of sp³-hybridized carbons (Fsp3) is 0.429. The summed E-state index contributed by atoms with van der Waals surface area (Å²) in [6, 6.07) is 25.9. The van der Waals surface area contributed by atoms with Crippen molar-refractivity contribution >= 4 is 17.6 Å². The van der Waals surface area contributed by atoms with Crippen LogP contribution in [0.3, 0.4) is 0 Å². The Morgan fingerprint density at radius 3 is 2.27 bits per heavy atom. The Kier molecular flexibility index (Phi) is 11.1. The number of hydrogen-bond acceptors (Lipinski definition) is 7. The number of nitrogens with one attached hydrogen (secondary N) is 1. The number of aliphatic hydroxyl groups excluding tert-OH is 1. The normalized spacial score (nSPS) is 22.9. The molecule has 0 bridgehead atoms. The Hall–Kier alpha value is -3.60. The smallest absolute Gasteiger partial charge is 0.303 e. The number of carbonyl (C=O) groups excluding carboxylic acids is 1. The molecule has 9 nitrogen and oxygen atoms in total. The number of anilines is 1. The lowest BCUT2D eigenvalue weighted by Crippen LogP contribution is -2.51. The predicted molar refractivity (Wildman–Crippen MR) is 168 cm³/mol. The fourth-order valence-corrected chi connectivity index (χ4v) is 5.94. The van der Waals surface area contributed by atoms with E-state index in [1.165, 1.54) is 5.56 Å². The van der Waals surface area contributed by atoms with Crippen molar-refractivity contribution in [2.24, 2.45) is 5.92 Å². The van der Waals surface area contributed by atoms with Gasteiger partial charge in [-0.2, -0.15) is 0 Å². The van der Waals surface area contributed by atoms with Crippen LogP contribution in [0.4, 0.5) is 5.69 Å². The van der Waals surface area contributed by atoms with Crippen LogP contribution in [0.25, 0.3) is 0 Å². The third kappa shape index (κ3) is 8.74. The van der Waals surface area contributed by atoms with Gasteiger partial charge in [-0.1, -0.05) is 73.7 Å². The molecule has 3 aromatic carbocycles. The van der Waals surface area contributed by atoms with Gasteiger partial charge in [0.1, 0.15) is 0 Å².